The summed E-state index contributed by atoms with van der Waals surface area (Å²) in [7, 11) is 0. The van der Waals surface area contributed by atoms with Crippen molar-refractivity contribution in [3.63, 3.8) is 0 Å². The van der Waals surface area contributed by atoms with Crippen LogP contribution in [-0.4, -0.2) is 36.5 Å². The average Bonchev–Trinajstić information content (AvgIpc) is 2.25. The maximum atomic E-state index is 11.9. The topological polar surface area (TPSA) is 70.2 Å². The fraction of sp³-hybridized carbons (Fsp3) is 0.800. The summed E-state index contributed by atoms with van der Waals surface area (Å²) in [5, 5.41) is 8.87. The normalized spacial score (nSPS) is 29.8. The number of carbonyl (C=O) groups excluding carboxylic acids is 2. The minimum absolute atomic E-state index is 0.0181. The lowest BCUT2D eigenvalue weighted by atomic mass is 9.84. The van der Waals surface area contributed by atoms with Gasteiger partial charge in [0, 0.05) is 0 Å². The molecule has 2 heterocycles. The maximum Gasteiger partial charge on any atom is 0.246 e. The SMILES string of the molecule is CCC1NC(=O)C2(CCNCC2)NC1=O. The highest BCUT2D eigenvalue weighted by Gasteiger charge is 2.46. The van der Waals surface area contributed by atoms with E-state index >= 15 is 0 Å². The van der Waals surface area contributed by atoms with E-state index in [-0.39, 0.29) is 17.9 Å². The Morgan fingerprint density at radius 1 is 1.33 bits per heavy atom. The molecule has 2 saturated heterocycles. The number of hydrogen-bond acceptors (Lipinski definition) is 3. The van der Waals surface area contributed by atoms with Gasteiger partial charge in [-0.1, -0.05) is 6.92 Å². The number of carbonyl (C=O) groups is 2. The summed E-state index contributed by atoms with van der Waals surface area (Å²) in [6.45, 7) is 3.46. The van der Waals surface area contributed by atoms with E-state index in [9.17, 15) is 9.59 Å². The van der Waals surface area contributed by atoms with Gasteiger partial charge in [0.15, 0.2) is 0 Å². The molecule has 5 nitrogen and oxygen atoms in total. The molecule has 0 bridgehead atoms. The largest absolute Gasteiger partial charge is 0.342 e. The molecule has 0 saturated carbocycles. The van der Waals surface area contributed by atoms with E-state index in [1.165, 1.54) is 0 Å². The third-order valence-corrected chi connectivity index (χ3v) is 3.28. The Bertz CT molecular complexity index is 284. The molecule has 1 spiro atoms. The lowest BCUT2D eigenvalue weighted by molar-refractivity contribution is -0.142. The summed E-state index contributed by atoms with van der Waals surface area (Å²) in [6.07, 6.45) is 2.01. The zero-order valence-electron chi connectivity index (χ0n) is 8.93. The van der Waals surface area contributed by atoms with Crippen molar-refractivity contribution >= 4 is 11.8 Å². The van der Waals surface area contributed by atoms with Crippen molar-refractivity contribution in [3.8, 4) is 0 Å². The Balaban J connectivity index is 2.14. The number of hydrogen-bond donors (Lipinski definition) is 3. The lowest BCUT2D eigenvalue weighted by Gasteiger charge is -2.42. The number of piperazine rings is 1. The Labute approximate surface area is 89.0 Å². The Morgan fingerprint density at radius 3 is 2.60 bits per heavy atom. The van der Waals surface area contributed by atoms with E-state index in [1.54, 1.807) is 0 Å². The van der Waals surface area contributed by atoms with Gasteiger partial charge < -0.3 is 16.0 Å². The van der Waals surface area contributed by atoms with Gasteiger partial charge in [0.25, 0.3) is 0 Å². The van der Waals surface area contributed by atoms with Crippen LogP contribution in [0.2, 0.25) is 0 Å². The molecule has 0 radical (unpaired) electrons. The monoisotopic (exact) mass is 211 g/mol. The molecule has 1 unspecified atom stereocenters. The average molecular weight is 211 g/mol. The van der Waals surface area contributed by atoms with Crippen LogP contribution in [0.5, 0.6) is 0 Å². The van der Waals surface area contributed by atoms with Crippen molar-refractivity contribution in [3.05, 3.63) is 0 Å². The molecule has 2 aliphatic rings. The minimum Gasteiger partial charge on any atom is -0.342 e. The highest BCUT2D eigenvalue weighted by Crippen LogP contribution is 2.22. The molecule has 2 fully saturated rings. The van der Waals surface area contributed by atoms with E-state index in [2.05, 4.69) is 16.0 Å². The van der Waals surface area contributed by atoms with Gasteiger partial charge in [0.1, 0.15) is 11.6 Å². The minimum atomic E-state index is -0.645. The van der Waals surface area contributed by atoms with Gasteiger partial charge in [-0.3, -0.25) is 9.59 Å². The van der Waals surface area contributed by atoms with Crippen LogP contribution in [-0.2, 0) is 9.59 Å². The van der Waals surface area contributed by atoms with Crippen molar-refractivity contribution in [1.29, 1.82) is 0 Å². The molecule has 1 atom stereocenters. The molecule has 2 aliphatic heterocycles. The standard InChI is InChI=1S/C10H17N3O2/c1-2-7-8(14)13-10(9(15)12-7)3-5-11-6-4-10/h7,11H,2-6H2,1H3,(H,12,15)(H,13,14). The molecule has 0 aliphatic carbocycles. The van der Waals surface area contributed by atoms with Gasteiger partial charge in [-0.05, 0) is 32.4 Å². The van der Waals surface area contributed by atoms with Gasteiger partial charge >= 0.3 is 0 Å². The fourth-order valence-corrected chi connectivity index (χ4v) is 2.23. The molecular formula is C10H17N3O2. The molecule has 2 amide bonds. The summed E-state index contributed by atoms with van der Waals surface area (Å²) in [5.41, 5.74) is -0.645. The Kier molecular flexibility index (Phi) is 2.65. The highest BCUT2D eigenvalue weighted by atomic mass is 16.2. The van der Waals surface area contributed by atoms with Crippen LogP contribution in [0.3, 0.4) is 0 Å². The van der Waals surface area contributed by atoms with Crippen LogP contribution in [0.1, 0.15) is 26.2 Å². The summed E-state index contributed by atoms with van der Waals surface area (Å²) in [6, 6.07) is -0.349. The Morgan fingerprint density at radius 2 is 2.00 bits per heavy atom. The fourth-order valence-electron chi connectivity index (χ4n) is 2.23. The Hall–Kier alpha value is -1.10. The number of amides is 2. The quantitative estimate of drug-likeness (QED) is 0.528. The second-order valence-electron chi connectivity index (χ2n) is 4.26. The van der Waals surface area contributed by atoms with Gasteiger partial charge in [-0.15, -0.1) is 0 Å². The van der Waals surface area contributed by atoms with Crippen molar-refractivity contribution in [1.82, 2.24) is 16.0 Å². The smallest absolute Gasteiger partial charge is 0.246 e. The predicted octanol–water partition coefficient (Wildman–Crippen LogP) is -0.867. The maximum absolute atomic E-state index is 11.9. The summed E-state index contributed by atoms with van der Waals surface area (Å²) in [5.74, 6) is -0.0607. The van der Waals surface area contributed by atoms with Crippen LogP contribution in [0.15, 0.2) is 0 Å². The first-order valence-corrected chi connectivity index (χ1v) is 5.52. The lowest BCUT2D eigenvalue weighted by Crippen LogP contribution is -2.71. The first-order valence-electron chi connectivity index (χ1n) is 5.52. The van der Waals surface area contributed by atoms with Crippen LogP contribution in [0.4, 0.5) is 0 Å². The zero-order chi connectivity index (χ0) is 10.9. The molecular weight excluding hydrogens is 194 g/mol. The number of nitrogens with one attached hydrogen (secondary N) is 3. The van der Waals surface area contributed by atoms with Crippen molar-refractivity contribution in [2.24, 2.45) is 0 Å². The van der Waals surface area contributed by atoms with E-state index in [4.69, 9.17) is 0 Å². The van der Waals surface area contributed by atoms with E-state index in [0.29, 0.717) is 19.3 Å². The molecule has 5 heteroatoms. The first kappa shape index (κ1) is 10.4. The summed E-state index contributed by atoms with van der Waals surface area (Å²) < 4.78 is 0. The first-order chi connectivity index (χ1) is 7.18. The second-order valence-corrected chi connectivity index (χ2v) is 4.26. The molecule has 2 rings (SSSR count). The van der Waals surface area contributed by atoms with Crippen LogP contribution in [0, 0.1) is 0 Å². The van der Waals surface area contributed by atoms with E-state index in [0.717, 1.165) is 13.1 Å². The molecule has 15 heavy (non-hydrogen) atoms. The third-order valence-electron chi connectivity index (χ3n) is 3.28. The second kappa shape index (κ2) is 3.81. The zero-order valence-corrected chi connectivity index (χ0v) is 8.93. The van der Waals surface area contributed by atoms with E-state index in [1.807, 2.05) is 6.92 Å². The van der Waals surface area contributed by atoms with E-state index < -0.39 is 5.54 Å². The molecule has 0 aromatic carbocycles. The predicted molar refractivity (Wildman–Crippen MR) is 55.2 cm³/mol. The number of piperidine rings is 1. The number of rotatable bonds is 1. The van der Waals surface area contributed by atoms with Crippen molar-refractivity contribution in [2.45, 2.75) is 37.8 Å². The van der Waals surface area contributed by atoms with Gasteiger partial charge in [0.05, 0.1) is 0 Å². The summed E-state index contributed by atoms with van der Waals surface area (Å²) in [4.78, 5) is 23.6. The highest BCUT2D eigenvalue weighted by molar-refractivity contribution is 5.99. The molecule has 84 valence electrons. The molecule has 0 aromatic rings. The summed E-state index contributed by atoms with van der Waals surface area (Å²) >= 11 is 0. The van der Waals surface area contributed by atoms with Gasteiger partial charge in [-0.25, -0.2) is 0 Å². The molecule has 0 aromatic heterocycles. The van der Waals surface area contributed by atoms with Crippen LogP contribution in [0.25, 0.3) is 0 Å². The van der Waals surface area contributed by atoms with Crippen LogP contribution >= 0.6 is 0 Å². The van der Waals surface area contributed by atoms with Gasteiger partial charge in [0.2, 0.25) is 11.8 Å². The third kappa shape index (κ3) is 1.71. The van der Waals surface area contributed by atoms with Gasteiger partial charge in [-0.2, -0.15) is 0 Å². The van der Waals surface area contributed by atoms with Crippen molar-refractivity contribution < 1.29 is 9.59 Å². The van der Waals surface area contributed by atoms with Crippen molar-refractivity contribution in [2.75, 3.05) is 13.1 Å². The molecule has 3 N–H and O–H groups in total. The van der Waals surface area contributed by atoms with Crippen LogP contribution < -0.4 is 16.0 Å².